The molecule has 2 fully saturated rings. The number of aromatic hydroxyl groups is 1. The monoisotopic (exact) mass is 1140 g/mol. The third-order valence-corrected chi connectivity index (χ3v) is 15.8. The number of phenolic OH excluding ortho intramolecular Hbond substituents is 1. The predicted molar refractivity (Wildman–Crippen MR) is 300 cm³/mol. The Balaban J connectivity index is 1.27. The van der Waals surface area contributed by atoms with Gasteiger partial charge in [0.05, 0.1) is 6.04 Å². The van der Waals surface area contributed by atoms with E-state index in [1.807, 2.05) is 0 Å². The number of hydrogen-bond donors (Lipinski definition) is 11. The number of nitrogens with one attached hydrogen (secondary N) is 7. The van der Waals surface area contributed by atoms with Crippen LogP contribution in [0, 0.1) is 0 Å². The Bertz CT molecular complexity index is 2800. The van der Waals surface area contributed by atoms with Crippen LogP contribution in [-0.4, -0.2) is 152 Å². The summed E-state index contributed by atoms with van der Waals surface area (Å²) in [5.41, 5.74) is 14.5. The molecule has 4 aromatic rings. The predicted octanol–water partition coefficient (Wildman–Crippen LogP) is 0.182. The molecule has 2 saturated heterocycles. The van der Waals surface area contributed by atoms with Crippen molar-refractivity contribution in [1.82, 2.24) is 42.1 Å². The van der Waals surface area contributed by atoms with E-state index in [4.69, 9.17) is 11.5 Å². The van der Waals surface area contributed by atoms with Crippen LogP contribution in [0.15, 0.2) is 115 Å². The maximum absolute atomic E-state index is 14.6. The van der Waals surface area contributed by atoms with Crippen LogP contribution >= 0.6 is 23.5 Å². The molecule has 0 unspecified atom stereocenters. The molecule has 22 nitrogen and oxygen atoms in total. The number of amides is 9. The first-order valence-corrected chi connectivity index (χ1v) is 28.4. The lowest BCUT2D eigenvalue weighted by atomic mass is 10.0. The van der Waals surface area contributed by atoms with Gasteiger partial charge in [-0.15, -0.1) is 23.5 Å². The number of carboxylic acid groups (broad SMARTS) is 1. The van der Waals surface area contributed by atoms with Crippen LogP contribution in [0.5, 0.6) is 5.75 Å². The number of nitrogens with zero attached hydrogens (tertiary/aromatic N) is 1. The van der Waals surface area contributed by atoms with Crippen LogP contribution in [0.2, 0.25) is 0 Å². The summed E-state index contributed by atoms with van der Waals surface area (Å²) in [6.45, 7) is 1.48. The number of nitrogens with two attached hydrogens (primary N) is 2. The van der Waals surface area contributed by atoms with Crippen LogP contribution in [0.4, 0.5) is 0 Å². The number of benzene rings is 4. The summed E-state index contributed by atoms with van der Waals surface area (Å²) >= 11 is 2.20. The molecule has 9 amide bonds. The quantitative estimate of drug-likeness (QED) is 0.0672. The molecule has 13 N–H and O–H groups in total. The van der Waals surface area contributed by atoms with Gasteiger partial charge in [-0.2, -0.15) is 0 Å². The summed E-state index contributed by atoms with van der Waals surface area (Å²) in [4.78, 5) is 140. The van der Waals surface area contributed by atoms with Gasteiger partial charge in [0.1, 0.15) is 54.1 Å². The molecule has 80 heavy (non-hydrogen) atoms. The Morgan fingerprint density at radius 1 is 0.662 bits per heavy atom. The Hall–Kier alpha value is -7.96. The normalized spacial score (nSPS) is 22.6. The van der Waals surface area contributed by atoms with E-state index in [2.05, 4.69) is 37.2 Å². The average Bonchev–Trinajstić information content (AvgIpc) is 3.98. The van der Waals surface area contributed by atoms with Gasteiger partial charge in [0.25, 0.3) is 0 Å². The molecule has 0 radical (unpaired) electrons. The Kier molecular flexibility index (Phi) is 23.3. The number of carbonyl (C=O) groups is 10. The van der Waals surface area contributed by atoms with Crippen LogP contribution in [0.1, 0.15) is 54.9 Å². The number of rotatable bonds is 17. The van der Waals surface area contributed by atoms with Crippen LogP contribution in [0.3, 0.4) is 0 Å². The third kappa shape index (κ3) is 18.9. The molecular formula is C56H68N10O12S2. The average molecular weight is 1140 g/mol. The maximum atomic E-state index is 14.6. The number of likely N-dealkylation sites (tertiary alicyclic amines) is 1. The minimum absolute atomic E-state index is 0.0363. The van der Waals surface area contributed by atoms with Gasteiger partial charge in [-0.05, 0) is 67.0 Å². The number of primary amides is 1. The molecule has 6 rings (SSSR count). The van der Waals surface area contributed by atoms with E-state index in [1.165, 1.54) is 24.0 Å². The standard InChI is InChI=1S/C56H68N10O12S2/c1-33-48(69)61-42(28-35-14-7-3-8-15-35)52(73)65-45(56(77)78)31-80-32-79-30-44(53(74)60-40(23-24-47(58)68)50(71)62-41(51(72)59-33)27-34-12-5-2-6-13-34)64-54(75)46-18-11-25-66(46)55(76)43(29-36-16-9-4-10-17-36)63-49(70)39(57)26-37-19-21-38(67)22-20-37/h2-10,12-17,19-22,33,39-46,67H,11,18,23-32,57H2,1H3,(H2,58,68)(H,59,72)(H,60,74)(H,61,69)(H,62,71)(H,63,70)(H,64,75)(H,65,73)(H,77,78)/t33-,39-,40-,41-,42-,43-,44+,45-,46-/m0/s1. The lowest BCUT2D eigenvalue weighted by molar-refractivity contribution is -0.142. The third-order valence-electron chi connectivity index (χ3n) is 13.3. The number of thioether (sulfide) groups is 2. The van der Waals surface area contributed by atoms with Crippen LogP contribution < -0.4 is 48.7 Å². The molecule has 2 heterocycles. The van der Waals surface area contributed by atoms with E-state index in [9.17, 15) is 58.2 Å². The molecule has 0 aliphatic carbocycles. The van der Waals surface area contributed by atoms with E-state index < -0.39 is 120 Å². The second kappa shape index (κ2) is 30.4. The fourth-order valence-electron chi connectivity index (χ4n) is 8.99. The molecule has 24 heteroatoms. The largest absolute Gasteiger partial charge is 0.508 e. The van der Waals surface area contributed by atoms with Gasteiger partial charge in [-0.1, -0.05) is 103 Å². The minimum Gasteiger partial charge on any atom is -0.508 e. The minimum atomic E-state index is -1.52. The highest BCUT2D eigenvalue weighted by molar-refractivity contribution is 8.16. The number of carboxylic acids is 1. The first kappa shape index (κ1) is 61.3. The Labute approximate surface area is 471 Å². The van der Waals surface area contributed by atoms with Crippen molar-refractivity contribution in [2.45, 2.75) is 113 Å². The Morgan fingerprint density at radius 2 is 1.19 bits per heavy atom. The molecule has 2 aliphatic rings. The van der Waals surface area contributed by atoms with Crippen molar-refractivity contribution in [3.8, 4) is 5.75 Å². The van der Waals surface area contributed by atoms with Crippen molar-refractivity contribution in [3.63, 3.8) is 0 Å². The molecule has 0 aromatic heterocycles. The van der Waals surface area contributed by atoms with Gasteiger partial charge >= 0.3 is 5.97 Å². The van der Waals surface area contributed by atoms with Crippen LogP contribution in [-0.2, 0) is 73.6 Å². The van der Waals surface area contributed by atoms with Crippen molar-refractivity contribution in [2.75, 3.05) is 23.1 Å². The van der Waals surface area contributed by atoms with Gasteiger partial charge < -0.3 is 63.8 Å². The van der Waals surface area contributed by atoms with E-state index in [0.717, 1.165) is 23.5 Å². The second-order valence-corrected chi connectivity index (χ2v) is 22.0. The van der Waals surface area contributed by atoms with Gasteiger partial charge in [-0.3, -0.25) is 43.2 Å². The van der Waals surface area contributed by atoms with Crippen molar-refractivity contribution in [2.24, 2.45) is 11.5 Å². The molecule has 0 saturated carbocycles. The van der Waals surface area contributed by atoms with Crippen molar-refractivity contribution >= 4 is 82.7 Å². The summed E-state index contributed by atoms with van der Waals surface area (Å²) in [7, 11) is 0. The lowest BCUT2D eigenvalue weighted by Gasteiger charge is -2.31. The number of phenols is 1. The van der Waals surface area contributed by atoms with Gasteiger partial charge in [0.15, 0.2) is 0 Å². The van der Waals surface area contributed by atoms with Gasteiger partial charge in [0.2, 0.25) is 53.2 Å². The summed E-state index contributed by atoms with van der Waals surface area (Å²) in [6, 6.07) is 20.5. The van der Waals surface area contributed by atoms with E-state index >= 15 is 0 Å². The SMILES string of the molecule is C[C@@H]1NC(=O)[C@H](Cc2ccccc2)NC(=O)[C@H](CCC(N)=O)NC(=O)[C@H](NC(=O)[C@@H]2CCCN2C(=O)[C@H](Cc2ccccc2)NC(=O)[C@@H](N)Cc2ccc(O)cc2)CSCSC[C@@H](C(=O)O)NC(=O)[C@H](Cc2ccccc2)NC1=O. The number of aliphatic carboxylic acids is 1. The molecular weight excluding hydrogens is 1070 g/mol. The van der Waals surface area contributed by atoms with Gasteiger partial charge in [-0.25, -0.2) is 4.79 Å². The first-order valence-electron chi connectivity index (χ1n) is 26.1. The van der Waals surface area contributed by atoms with Crippen molar-refractivity contribution in [3.05, 3.63) is 138 Å². The smallest absolute Gasteiger partial charge is 0.327 e. The van der Waals surface area contributed by atoms with Gasteiger partial charge in [0, 0.05) is 48.8 Å². The summed E-state index contributed by atoms with van der Waals surface area (Å²) < 4.78 is 0. The zero-order valence-corrected chi connectivity index (χ0v) is 45.7. The molecule has 4 aromatic carbocycles. The first-order chi connectivity index (χ1) is 38.3. The second-order valence-electron chi connectivity index (χ2n) is 19.5. The molecule has 426 valence electrons. The summed E-state index contributed by atoms with van der Waals surface area (Å²) in [6.07, 6.45) is -0.203. The van der Waals surface area contributed by atoms with Crippen LogP contribution in [0.25, 0.3) is 0 Å². The van der Waals surface area contributed by atoms with Crippen molar-refractivity contribution < 1.29 is 58.2 Å². The zero-order chi connectivity index (χ0) is 57.7. The fourth-order valence-corrected chi connectivity index (χ4v) is 11.2. The highest BCUT2D eigenvalue weighted by atomic mass is 32.2. The Morgan fingerprint density at radius 3 is 1.77 bits per heavy atom. The molecule has 0 spiro atoms. The van der Waals surface area contributed by atoms with E-state index in [1.54, 1.807) is 103 Å². The number of hydrogen-bond acceptors (Lipinski definition) is 14. The zero-order valence-electron chi connectivity index (χ0n) is 44.0. The van der Waals surface area contributed by atoms with Crippen molar-refractivity contribution in [1.29, 1.82) is 0 Å². The molecule has 0 bridgehead atoms. The summed E-state index contributed by atoms with van der Waals surface area (Å²) in [5, 5.41) is 38.7. The van der Waals surface area contributed by atoms with E-state index in [0.29, 0.717) is 28.7 Å². The highest BCUT2D eigenvalue weighted by Crippen LogP contribution is 2.22. The molecule has 2 aliphatic heterocycles. The fraction of sp³-hybridized carbons (Fsp3) is 0.393. The maximum Gasteiger partial charge on any atom is 0.327 e. The molecule has 9 atom stereocenters. The van der Waals surface area contributed by atoms with E-state index in [-0.39, 0.29) is 67.4 Å². The lowest BCUT2D eigenvalue weighted by Crippen LogP contribution is -2.60. The highest BCUT2D eigenvalue weighted by Gasteiger charge is 2.40. The summed E-state index contributed by atoms with van der Waals surface area (Å²) in [5.74, 6) is -8.69. The topological polar surface area (TPSA) is 351 Å². The number of carbonyl (C=O) groups excluding carboxylic acids is 9.